The molecule has 0 radical (unpaired) electrons. The number of nitrogens with one attached hydrogen (secondary N) is 1. The van der Waals surface area contributed by atoms with Gasteiger partial charge in [0, 0.05) is 5.56 Å². The summed E-state index contributed by atoms with van der Waals surface area (Å²) in [6.07, 6.45) is 0. The van der Waals surface area contributed by atoms with Gasteiger partial charge in [-0.25, -0.2) is 4.79 Å². The summed E-state index contributed by atoms with van der Waals surface area (Å²) in [7, 11) is 1.25. The molecule has 2 N–H and O–H groups in total. The molecule has 0 aromatic heterocycles. The van der Waals surface area contributed by atoms with Crippen LogP contribution in [0.1, 0.15) is 40.1 Å². The average molecular weight is 329 g/mol. The fraction of sp³-hybridized carbons (Fsp3) is 0.263. The quantitative estimate of drug-likeness (QED) is 0.651. The number of carbonyl (C=O) groups excluding carboxylic acids is 2. The number of ketones is 1. The van der Waals surface area contributed by atoms with E-state index in [4.69, 9.17) is 0 Å². The van der Waals surface area contributed by atoms with Crippen molar-refractivity contribution in [3.05, 3.63) is 65.2 Å². The molecular formula is C19H23NO4. The number of phenolic OH excluding ortho intramolecular Hbond substituents is 1. The molecule has 0 aliphatic carbocycles. The summed E-state index contributed by atoms with van der Waals surface area (Å²) in [6.45, 7) is 6.39. The lowest BCUT2D eigenvalue weighted by atomic mass is 9.98. The van der Waals surface area contributed by atoms with Crippen LogP contribution in [0.5, 0.6) is 5.75 Å². The second kappa shape index (κ2) is 10.2. The first-order chi connectivity index (χ1) is 11.6. The van der Waals surface area contributed by atoms with Gasteiger partial charge in [-0.15, -0.1) is 0 Å². The van der Waals surface area contributed by atoms with Gasteiger partial charge in [-0.05, 0) is 31.3 Å². The van der Waals surface area contributed by atoms with E-state index in [1.165, 1.54) is 31.4 Å². The fourth-order valence-electron chi connectivity index (χ4n) is 2.03. The number of hydrogen-bond donors (Lipinski definition) is 2. The lowest BCUT2D eigenvalue weighted by molar-refractivity contribution is 0.0597. The van der Waals surface area contributed by atoms with E-state index in [9.17, 15) is 14.7 Å². The smallest absolute Gasteiger partial charge is 0.338 e. The molecule has 0 heterocycles. The molecule has 0 saturated heterocycles. The monoisotopic (exact) mass is 329 g/mol. The van der Waals surface area contributed by atoms with Crippen LogP contribution in [0.15, 0.2) is 48.5 Å². The standard InChI is InChI=1S/C15H12O4.C4H11N/c1-19-15(18)11-7-3-2-6-10(11)14(17)12-8-4-5-9-13(12)16;1-3-5-4-2/h2-9,16H,1H3;5H,3-4H2,1-2H3. The van der Waals surface area contributed by atoms with Crippen LogP contribution in [0.4, 0.5) is 0 Å². The van der Waals surface area contributed by atoms with Crippen molar-refractivity contribution in [2.75, 3.05) is 20.2 Å². The highest BCUT2D eigenvalue weighted by Crippen LogP contribution is 2.22. The molecule has 0 atom stereocenters. The third-order valence-corrected chi connectivity index (χ3v) is 3.23. The van der Waals surface area contributed by atoms with Gasteiger partial charge in [-0.2, -0.15) is 0 Å². The van der Waals surface area contributed by atoms with Gasteiger partial charge in [0.05, 0.1) is 18.2 Å². The van der Waals surface area contributed by atoms with Crippen LogP contribution < -0.4 is 5.32 Å². The predicted molar refractivity (Wildman–Crippen MR) is 93.5 cm³/mol. The van der Waals surface area contributed by atoms with E-state index < -0.39 is 11.8 Å². The second-order valence-electron chi connectivity index (χ2n) is 4.84. The van der Waals surface area contributed by atoms with Crippen molar-refractivity contribution in [1.29, 1.82) is 0 Å². The summed E-state index contributed by atoms with van der Waals surface area (Å²) in [5, 5.41) is 12.8. The maximum atomic E-state index is 12.3. The zero-order valence-electron chi connectivity index (χ0n) is 14.2. The third kappa shape index (κ3) is 5.21. The van der Waals surface area contributed by atoms with Gasteiger partial charge in [0.2, 0.25) is 0 Å². The van der Waals surface area contributed by atoms with Crippen LogP contribution in [-0.2, 0) is 4.74 Å². The number of hydrogen-bond acceptors (Lipinski definition) is 5. The minimum Gasteiger partial charge on any atom is -0.507 e. The number of benzene rings is 2. The number of methoxy groups -OCH3 is 1. The number of rotatable bonds is 5. The maximum absolute atomic E-state index is 12.3. The molecule has 0 saturated carbocycles. The number of para-hydroxylation sites is 1. The van der Waals surface area contributed by atoms with Crippen molar-refractivity contribution in [2.24, 2.45) is 0 Å². The zero-order chi connectivity index (χ0) is 17.9. The van der Waals surface area contributed by atoms with Gasteiger partial charge < -0.3 is 15.2 Å². The lowest BCUT2D eigenvalue weighted by Crippen LogP contribution is -2.11. The minimum atomic E-state index is -0.584. The Morgan fingerprint density at radius 2 is 1.42 bits per heavy atom. The molecule has 0 bridgehead atoms. The fourth-order valence-corrected chi connectivity index (χ4v) is 2.03. The Hall–Kier alpha value is -2.66. The highest BCUT2D eigenvalue weighted by atomic mass is 16.5. The second-order valence-corrected chi connectivity index (χ2v) is 4.84. The Bertz CT molecular complexity index is 681. The molecule has 2 aromatic carbocycles. The topological polar surface area (TPSA) is 75.6 Å². The molecule has 0 spiro atoms. The molecule has 0 aliphatic rings. The summed E-state index contributed by atoms with van der Waals surface area (Å²) >= 11 is 0. The molecule has 2 rings (SSSR count). The Morgan fingerprint density at radius 3 is 1.88 bits per heavy atom. The maximum Gasteiger partial charge on any atom is 0.338 e. The summed E-state index contributed by atoms with van der Waals surface area (Å²) in [6, 6.07) is 12.5. The third-order valence-electron chi connectivity index (χ3n) is 3.23. The van der Waals surface area contributed by atoms with Crippen molar-refractivity contribution in [2.45, 2.75) is 13.8 Å². The Morgan fingerprint density at radius 1 is 0.917 bits per heavy atom. The van der Waals surface area contributed by atoms with Crippen LogP contribution in [0.3, 0.4) is 0 Å². The molecule has 128 valence electrons. The van der Waals surface area contributed by atoms with E-state index in [1.54, 1.807) is 24.3 Å². The van der Waals surface area contributed by atoms with Gasteiger partial charge in [0.1, 0.15) is 5.75 Å². The Kier molecular flexibility index (Phi) is 8.22. The number of phenols is 1. The van der Waals surface area contributed by atoms with Gasteiger partial charge >= 0.3 is 5.97 Å². The van der Waals surface area contributed by atoms with E-state index in [0.717, 1.165) is 13.1 Å². The molecule has 2 aromatic rings. The molecular weight excluding hydrogens is 306 g/mol. The van der Waals surface area contributed by atoms with E-state index in [-0.39, 0.29) is 22.4 Å². The molecule has 0 aliphatic heterocycles. The highest BCUT2D eigenvalue weighted by Gasteiger charge is 2.20. The van der Waals surface area contributed by atoms with E-state index in [1.807, 2.05) is 0 Å². The van der Waals surface area contributed by atoms with Crippen LogP contribution in [0.2, 0.25) is 0 Å². The molecule has 5 nitrogen and oxygen atoms in total. The largest absolute Gasteiger partial charge is 0.507 e. The summed E-state index contributed by atoms with van der Waals surface area (Å²) in [5.74, 6) is -1.12. The number of carbonyl (C=O) groups is 2. The Labute approximate surface area is 142 Å². The van der Waals surface area contributed by atoms with Gasteiger partial charge in [-0.3, -0.25) is 4.79 Å². The lowest BCUT2D eigenvalue weighted by Gasteiger charge is -2.07. The summed E-state index contributed by atoms with van der Waals surface area (Å²) in [5.41, 5.74) is 0.535. The number of ether oxygens (including phenoxy) is 1. The van der Waals surface area contributed by atoms with E-state index >= 15 is 0 Å². The summed E-state index contributed by atoms with van der Waals surface area (Å²) in [4.78, 5) is 24.0. The molecule has 0 amide bonds. The minimum absolute atomic E-state index is 0.118. The first kappa shape index (κ1) is 19.4. The average Bonchev–Trinajstić information content (AvgIpc) is 2.62. The predicted octanol–water partition coefficient (Wildman–Crippen LogP) is 3.03. The van der Waals surface area contributed by atoms with E-state index in [2.05, 4.69) is 23.9 Å². The Balaban J connectivity index is 0.000000505. The van der Waals surface area contributed by atoms with Gasteiger partial charge in [0.15, 0.2) is 5.78 Å². The molecule has 0 fully saturated rings. The van der Waals surface area contributed by atoms with Crippen molar-refractivity contribution in [3.63, 3.8) is 0 Å². The van der Waals surface area contributed by atoms with Crippen molar-refractivity contribution >= 4 is 11.8 Å². The van der Waals surface area contributed by atoms with Crippen LogP contribution >= 0.6 is 0 Å². The van der Waals surface area contributed by atoms with Crippen molar-refractivity contribution in [3.8, 4) is 5.75 Å². The number of esters is 1. The molecule has 5 heteroatoms. The van der Waals surface area contributed by atoms with Crippen LogP contribution in [0.25, 0.3) is 0 Å². The SMILES string of the molecule is CCNCC.COC(=O)c1ccccc1C(=O)c1ccccc1O. The van der Waals surface area contributed by atoms with Crippen LogP contribution in [-0.4, -0.2) is 37.1 Å². The van der Waals surface area contributed by atoms with E-state index in [0.29, 0.717) is 0 Å². The first-order valence-corrected chi connectivity index (χ1v) is 7.77. The highest BCUT2D eigenvalue weighted by molar-refractivity contribution is 6.15. The zero-order valence-corrected chi connectivity index (χ0v) is 14.2. The van der Waals surface area contributed by atoms with Gasteiger partial charge in [0.25, 0.3) is 0 Å². The molecule has 24 heavy (non-hydrogen) atoms. The van der Waals surface area contributed by atoms with Gasteiger partial charge in [-0.1, -0.05) is 44.2 Å². The van der Waals surface area contributed by atoms with Crippen molar-refractivity contribution < 1.29 is 19.4 Å². The van der Waals surface area contributed by atoms with Crippen molar-refractivity contribution in [1.82, 2.24) is 5.32 Å². The normalized spacial score (nSPS) is 9.62. The number of aromatic hydroxyl groups is 1. The van der Waals surface area contributed by atoms with Crippen LogP contribution in [0, 0.1) is 0 Å². The molecule has 0 unspecified atom stereocenters. The summed E-state index contributed by atoms with van der Waals surface area (Å²) < 4.78 is 4.64. The first-order valence-electron chi connectivity index (χ1n) is 7.77.